The van der Waals surface area contributed by atoms with Gasteiger partial charge >= 0.3 is 0 Å². The maximum atomic E-state index is 15.0. The molecular weight excluding hydrogens is 500 g/mol. The van der Waals surface area contributed by atoms with Gasteiger partial charge in [-0.1, -0.05) is 5.18 Å². The third kappa shape index (κ3) is 5.92. The van der Waals surface area contributed by atoms with Crippen molar-refractivity contribution in [3.63, 3.8) is 0 Å². The molecule has 4 atom stereocenters. The van der Waals surface area contributed by atoms with Crippen molar-refractivity contribution in [3.05, 3.63) is 23.1 Å². The van der Waals surface area contributed by atoms with Crippen LogP contribution >= 0.6 is 0 Å². The number of anilines is 2. The number of piperidine rings is 1. The first-order valence-corrected chi connectivity index (χ1v) is 12.9. The number of hydrogen-bond donors (Lipinski definition) is 3. The summed E-state index contributed by atoms with van der Waals surface area (Å²) in [6, 6.07) is 0.379. The molecule has 1 aromatic heterocycles. The van der Waals surface area contributed by atoms with E-state index in [0.29, 0.717) is 32.0 Å². The molecule has 0 radical (unpaired) electrons. The molecule has 0 spiro atoms. The molecule has 12 nitrogen and oxygen atoms in total. The van der Waals surface area contributed by atoms with Crippen LogP contribution in [0.3, 0.4) is 0 Å². The van der Waals surface area contributed by atoms with Gasteiger partial charge in [0.2, 0.25) is 11.8 Å². The van der Waals surface area contributed by atoms with E-state index in [1.165, 1.54) is 6.20 Å². The van der Waals surface area contributed by atoms with Crippen molar-refractivity contribution in [2.24, 2.45) is 22.7 Å². The van der Waals surface area contributed by atoms with Gasteiger partial charge in [-0.3, -0.25) is 24.8 Å². The van der Waals surface area contributed by atoms with E-state index in [1.54, 1.807) is 16.8 Å². The van der Waals surface area contributed by atoms with Gasteiger partial charge < -0.3 is 25.8 Å². The third-order valence-electron chi connectivity index (χ3n) is 7.84. The van der Waals surface area contributed by atoms with E-state index in [2.05, 4.69) is 25.7 Å². The van der Waals surface area contributed by atoms with Crippen molar-refractivity contribution in [1.82, 2.24) is 25.0 Å². The highest BCUT2D eigenvalue weighted by Gasteiger charge is 2.41. The largest absolute Gasteiger partial charge is 0.367 e. The smallest absolute Gasteiger partial charge is 0.234 e. The van der Waals surface area contributed by atoms with Crippen molar-refractivity contribution in [2.75, 3.05) is 70.6 Å². The Hall–Kier alpha value is -2.81. The molecule has 2 amide bonds. The Kier molecular flexibility index (Phi) is 8.85. The monoisotopic (exact) mass is 537 g/mol. The van der Waals surface area contributed by atoms with Crippen molar-refractivity contribution in [2.45, 2.75) is 37.4 Å². The van der Waals surface area contributed by atoms with Crippen LogP contribution in [0.25, 0.3) is 0 Å². The molecule has 4 unspecified atom stereocenters. The van der Waals surface area contributed by atoms with Crippen LogP contribution in [-0.4, -0.2) is 116 Å². The number of carbonyl (C=O) groups excluding carboxylic acids is 2. The summed E-state index contributed by atoms with van der Waals surface area (Å²) in [7, 11) is 5.61. The number of carbonyl (C=O) groups is 2. The molecular formula is C24H37F2N9O3. The Bertz CT molecular complexity index is 1020. The van der Waals surface area contributed by atoms with Crippen molar-refractivity contribution >= 4 is 23.2 Å². The zero-order valence-corrected chi connectivity index (χ0v) is 22.0. The van der Waals surface area contributed by atoms with Crippen molar-refractivity contribution < 1.29 is 18.4 Å². The Balaban J connectivity index is 1.44. The van der Waals surface area contributed by atoms with Gasteiger partial charge in [-0.25, -0.2) is 8.78 Å². The molecule has 1 aromatic rings. The molecule has 3 saturated heterocycles. The number of likely N-dealkylation sites (N-methyl/N-ethyl adjacent to an activating group) is 1. The number of amides is 2. The van der Waals surface area contributed by atoms with E-state index < -0.39 is 36.1 Å². The summed E-state index contributed by atoms with van der Waals surface area (Å²) in [5.41, 5.74) is 6.17. The lowest BCUT2D eigenvalue weighted by Gasteiger charge is -2.45. The standard InChI is InChI=1S/C24H37F2N9O3/c1-32(2)16-12-35(13-16)24(37)14-4-6-34(7-5-14)20-17(26)9-28-10-18(20)30-23(36)19(21(27)31-38)22-29-8-15(25)11-33(22)3/h9-10,14-16,19,21-22,29H,4-8,11-13,27H2,1-3H3,(H,30,36). The van der Waals surface area contributed by atoms with Crippen LogP contribution in [0.4, 0.5) is 20.2 Å². The van der Waals surface area contributed by atoms with Crippen LogP contribution in [-0.2, 0) is 9.59 Å². The molecule has 0 aromatic carbocycles. The van der Waals surface area contributed by atoms with E-state index >= 15 is 4.39 Å². The maximum absolute atomic E-state index is 15.0. The van der Waals surface area contributed by atoms with Crippen LogP contribution in [0.2, 0.25) is 0 Å². The van der Waals surface area contributed by atoms with Gasteiger partial charge in [0.15, 0.2) is 12.0 Å². The molecule has 3 aliphatic heterocycles. The highest BCUT2D eigenvalue weighted by atomic mass is 19.1. The van der Waals surface area contributed by atoms with Gasteiger partial charge in [0.25, 0.3) is 0 Å². The normalized spacial score (nSPS) is 25.1. The number of nitrogens with two attached hydrogens (primary N) is 1. The molecule has 3 aliphatic rings. The average Bonchev–Trinajstić information content (AvgIpc) is 2.84. The topological polar surface area (TPSA) is 140 Å². The fraction of sp³-hybridized carbons (Fsp3) is 0.708. The van der Waals surface area contributed by atoms with Gasteiger partial charge in [0.05, 0.1) is 24.2 Å². The number of hydrogen-bond acceptors (Lipinski definition) is 10. The number of rotatable bonds is 8. The fourth-order valence-corrected chi connectivity index (χ4v) is 5.47. The molecule has 3 fully saturated rings. The number of alkyl halides is 1. The van der Waals surface area contributed by atoms with Crippen LogP contribution in [0, 0.1) is 22.6 Å². The van der Waals surface area contributed by atoms with E-state index in [1.807, 2.05) is 19.0 Å². The second kappa shape index (κ2) is 11.9. The molecule has 210 valence electrons. The van der Waals surface area contributed by atoms with Gasteiger partial charge in [-0.2, -0.15) is 0 Å². The summed E-state index contributed by atoms with van der Waals surface area (Å²) in [5, 5.41) is 8.42. The molecule has 0 bridgehead atoms. The Labute approximate surface area is 220 Å². The zero-order valence-electron chi connectivity index (χ0n) is 22.0. The first-order chi connectivity index (χ1) is 18.1. The first kappa shape index (κ1) is 28.2. The quantitative estimate of drug-likeness (QED) is 0.392. The summed E-state index contributed by atoms with van der Waals surface area (Å²) >= 11 is 0. The summed E-state index contributed by atoms with van der Waals surface area (Å²) in [6.07, 6.45) is 0.229. The molecule has 0 saturated carbocycles. The minimum atomic E-state index is -1.41. The summed E-state index contributed by atoms with van der Waals surface area (Å²) in [6.45, 7) is 2.34. The number of nitrogens with zero attached hydrogens (tertiary/aromatic N) is 6. The summed E-state index contributed by atoms with van der Waals surface area (Å²) in [4.78, 5) is 48.8. The summed E-state index contributed by atoms with van der Waals surface area (Å²) in [5.74, 6) is -2.45. The molecule has 4 rings (SSSR count). The first-order valence-electron chi connectivity index (χ1n) is 12.9. The average molecular weight is 538 g/mol. The lowest BCUT2D eigenvalue weighted by atomic mass is 9.92. The number of nitrogens with one attached hydrogen (secondary N) is 2. The number of likely N-dealkylation sites (tertiary alicyclic amines) is 1. The Morgan fingerprint density at radius 2 is 1.92 bits per heavy atom. The zero-order chi connectivity index (χ0) is 27.6. The number of nitroso groups, excluding NO2 is 1. The predicted octanol–water partition coefficient (Wildman–Crippen LogP) is 0.0146. The number of halogens is 2. The molecule has 4 N–H and O–H groups in total. The Morgan fingerprint density at radius 1 is 1.24 bits per heavy atom. The van der Waals surface area contributed by atoms with Crippen molar-refractivity contribution in [1.29, 1.82) is 0 Å². The number of aromatic nitrogens is 1. The minimum absolute atomic E-state index is 0.00196. The lowest BCUT2D eigenvalue weighted by molar-refractivity contribution is -0.143. The van der Waals surface area contributed by atoms with E-state index in [4.69, 9.17) is 5.73 Å². The van der Waals surface area contributed by atoms with Crippen LogP contribution in [0.15, 0.2) is 17.6 Å². The summed E-state index contributed by atoms with van der Waals surface area (Å²) < 4.78 is 28.8. The maximum Gasteiger partial charge on any atom is 0.234 e. The van der Waals surface area contributed by atoms with Gasteiger partial charge in [-0.15, -0.1) is 4.91 Å². The van der Waals surface area contributed by atoms with E-state index in [-0.39, 0.29) is 36.3 Å². The van der Waals surface area contributed by atoms with Crippen LogP contribution in [0.1, 0.15) is 12.8 Å². The van der Waals surface area contributed by atoms with E-state index in [0.717, 1.165) is 19.3 Å². The fourth-order valence-electron chi connectivity index (χ4n) is 5.47. The van der Waals surface area contributed by atoms with Crippen LogP contribution in [0.5, 0.6) is 0 Å². The third-order valence-corrected chi connectivity index (χ3v) is 7.84. The molecule has 38 heavy (non-hydrogen) atoms. The Morgan fingerprint density at radius 3 is 2.53 bits per heavy atom. The van der Waals surface area contributed by atoms with Gasteiger partial charge in [0, 0.05) is 51.2 Å². The minimum Gasteiger partial charge on any atom is -0.367 e. The predicted molar refractivity (Wildman–Crippen MR) is 138 cm³/mol. The molecule has 14 heteroatoms. The number of pyridine rings is 1. The second-order valence-electron chi connectivity index (χ2n) is 10.6. The second-order valence-corrected chi connectivity index (χ2v) is 10.6. The lowest BCUT2D eigenvalue weighted by Crippen LogP contribution is -2.62. The van der Waals surface area contributed by atoms with E-state index in [9.17, 15) is 18.9 Å². The van der Waals surface area contributed by atoms with Gasteiger partial charge in [-0.05, 0) is 34.0 Å². The highest BCUT2D eigenvalue weighted by Crippen LogP contribution is 2.33. The highest BCUT2D eigenvalue weighted by molar-refractivity contribution is 5.96. The van der Waals surface area contributed by atoms with Crippen LogP contribution < -0.4 is 21.3 Å². The SMILES string of the molecule is CN(C)C1CN(C(=O)C2CCN(c3c(F)cncc3NC(=O)C(C(N)N=O)C3NCC(F)CN3C)CC2)C1. The molecule has 0 aliphatic carbocycles. The van der Waals surface area contributed by atoms with Gasteiger partial charge in [0.1, 0.15) is 17.8 Å². The van der Waals surface area contributed by atoms with Crippen molar-refractivity contribution in [3.8, 4) is 0 Å². The molecule has 4 heterocycles.